The molecule has 0 bridgehead atoms. The van der Waals surface area contributed by atoms with E-state index < -0.39 is 0 Å². The second-order valence-electron chi connectivity index (χ2n) is 7.17. The Balaban J connectivity index is 1.42. The Morgan fingerprint density at radius 1 is 1.26 bits per heavy atom. The minimum Gasteiger partial charge on any atom is -0.384 e. The predicted octanol–water partition coefficient (Wildman–Crippen LogP) is 2.42. The van der Waals surface area contributed by atoms with E-state index in [2.05, 4.69) is 28.2 Å². The molecule has 1 atom stereocenters. The van der Waals surface area contributed by atoms with Crippen molar-refractivity contribution in [1.82, 2.24) is 9.88 Å². The summed E-state index contributed by atoms with van der Waals surface area (Å²) in [5.41, 5.74) is 3.64. The van der Waals surface area contributed by atoms with E-state index in [0.29, 0.717) is 5.69 Å². The maximum atomic E-state index is 13.1. The average molecular weight is 366 g/mol. The van der Waals surface area contributed by atoms with E-state index in [9.17, 15) is 4.79 Å². The average Bonchev–Trinajstić information content (AvgIpc) is 3.04. The zero-order chi connectivity index (χ0) is 18.6. The summed E-state index contributed by atoms with van der Waals surface area (Å²) in [6, 6.07) is 12.0. The van der Waals surface area contributed by atoms with Crippen LogP contribution in [-0.4, -0.2) is 61.2 Å². The number of rotatable bonds is 5. The van der Waals surface area contributed by atoms with Crippen LogP contribution in [0.3, 0.4) is 0 Å². The van der Waals surface area contributed by atoms with Gasteiger partial charge in [-0.2, -0.15) is 0 Å². The fourth-order valence-corrected chi connectivity index (χ4v) is 3.84. The van der Waals surface area contributed by atoms with Gasteiger partial charge in [-0.05, 0) is 37.1 Å². The van der Waals surface area contributed by atoms with Gasteiger partial charge in [0.1, 0.15) is 5.69 Å². The first kappa shape index (κ1) is 17.9. The number of hydrogen-bond acceptors (Lipinski definition) is 5. The molecule has 0 spiro atoms. The molecule has 0 aliphatic carbocycles. The van der Waals surface area contributed by atoms with Crippen LogP contribution in [0.4, 0.5) is 11.4 Å². The topological polar surface area (TPSA) is 57.7 Å². The van der Waals surface area contributed by atoms with Gasteiger partial charge in [-0.1, -0.05) is 18.2 Å². The summed E-state index contributed by atoms with van der Waals surface area (Å²) in [6.45, 7) is 7.46. The van der Waals surface area contributed by atoms with E-state index in [0.717, 1.165) is 57.2 Å². The van der Waals surface area contributed by atoms with Gasteiger partial charge in [0.25, 0.3) is 5.91 Å². The molecule has 27 heavy (non-hydrogen) atoms. The van der Waals surface area contributed by atoms with Crippen molar-refractivity contribution in [2.75, 3.05) is 49.6 Å². The van der Waals surface area contributed by atoms with Crippen molar-refractivity contribution in [1.29, 1.82) is 0 Å². The van der Waals surface area contributed by atoms with Crippen LogP contribution >= 0.6 is 0 Å². The van der Waals surface area contributed by atoms with Gasteiger partial charge in [-0.3, -0.25) is 14.7 Å². The Labute approximate surface area is 160 Å². The highest BCUT2D eigenvalue weighted by molar-refractivity contribution is 6.06. The van der Waals surface area contributed by atoms with Crippen molar-refractivity contribution in [3.8, 4) is 0 Å². The third-order valence-corrected chi connectivity index (χ3v) is 5.27. The predicted molar refractivity (Wildman–Crippen MR) is 106 cm³/mol. The number of ether oxygens (including phenoxy) is 1. The van der Waals surface area contributed by atoms with Crippen molar-refractivity contribution in [2.45, 2.75) is 19.4 Å². The number of benzene rings is 1. The lowest BCUT2D eigenvalue weighted by molar-refractivity contribution is 0.0398. The number of aromatic nitrogens is 1. The van der Waals surface area contributed by atoms with Gasteiger partial charge in [-0.25, -0.2) is 0 Å². The second-order valence-corrected chi connectivity index (χ2v) is 7.17. The summed E-state index contributed by atoms with van der Waals surface area (Å²) >= 11 is 0. The molecular formula is C21H26N4O2. The lowest BCUT2D eigenvalue weighted by Crippen LogP contribution is -2.39. The lowest BCUT2D eigenvalue weighted by Gasteiger charge is -2.26. The number of nitrogens with one attached hydrogen (secondary N) is 1. The molecule has 3 heterocycles. The first-order chi connectivity index (χ1) is 13.2. The van der Waals surface area contributed by atoms with Gasteiger partial charge < -0.3 is 15.0 Å². The van der Waals surface area contributed by atoms with Gasteiger partial charge in [0.15, 0.2) is 0 Å². The number of morpholine rings is 1. The van der Waals surface area contributed by atoms with Crippen molar-refractivity contribution in [3.63, 3.8) is 0 Å². The molecule has 1 aromatic heterocycles. The van der Waals surface area contributed by atoms with E-state index in [-0.39, 0.29) is 11.9 Å². The Kier molecular flexibility index (Phi) is 5.36. The highest BCUT2D eigenvalue weighted by atomic mass is 16.5. The Hall–Kier alpha value is -2.44. The molecule has 1 unspecified atom stereocenters. The molecule has 2 aromatic rings. The smallest absolute Gasteiger partial charge is 0.277 e. The fourth-order valence-electron chi connectivity index (χ4n) is 3.84. The molecule has 142 valence electrons. The van der Waals surface area contributed by atoms with Crippen LogP contribution in [-0.2, 0) is 11.2 Å². The zero-order valence-electron chi connectivity index (χ0n) is 15.7. The summed E-state index contributed by atoms with van der Waals surface area (Å²) in [6.07, 6.45) is 2.59. The van der Waals surface area contributed by atoms with Gasteiger partial charge in [0, 0.05) is 49.8 Å². The maximum Gasteiger partial charge on any atom is 0.277 e. The van der Waals surface area contributed by atoms with E-state index in [4.69, 9.17) is 4.74 Å². The number of hydrogen-bond donors (Lipinski definition) is 1. The second kappa shape index (κ2) is 8.06. The molecule has 0 radical (unpaired) electrons. The Morgan fingerprint density at radius 3 is 2.93 bits per heavy atom. The SMILES string of the molecule is CC1Cc2ccccc2N1C(=O)c1cc(NCCN2CCOCC2)ccn1. The molecule has 2 aliphatic heterocycles. The third kappa shape index (κ3) is 3.96. The van der Waals surface area contributed by atoms with Crippen LogP contribution in [0.2, 0.25) is 0 Å². The van der Waals surface area contributed by atoms with Gasteiger partial charge in [-0.15, -0.1) is 0 Å². The summed E-state index contributed by atoms with van der Waals surface area (Å²) in [5, 5.41) is 3.41. The molecule has 2 aliphatic rings. The van der Waals surface area contributed by atoms with E-state index in [1.807, 2.05) is 35.2 Å². The zero-order valence-corrected chi connectivity index (χ0v) is 15.7. The first-order valence-electron chi connectivity index (χ1n) is 9.64. The first-order valence-corrected chi connectivity index (χ1v) is 9.64. The molecule has 1 aromatic carbocycles. The van der Waals surface area contributed by atoms with Crippen molar-refractivity contribution in [2.24, 2.45) is 0 Å². The van der Waals surface area contributed by atoms with Crippen molar-refractivity contribution in [3.05, 3.63) is 53.9 Å². The van der Waals surface area contributed by atoms with Crippen LogP contribution in [0.25, 0.3) is 0 Å². The summed E-state index contributed by atoms with van der Waals surface area (Å²) in [5.74, 6) is -0.0377. The number of pyridine rings is 1. The number of nitrogens with zero attached hydrogens (tertiary/aromatic N) is 3. The summed E-state index contributed by atoms with van der Waals surface area (Å²) < 4.78 is 5.38. The lowest BCUT2D eigenvalue weighted by atomic mass is 10.1. The van der Waals surface area contributed by atoms with E-state index >= 15 is 0 Å². The van der Waals surface area contributed by atoms with Gasteiger partial charge in [0.05, 0.1) is 13.2 Å². The Bertz CT molecular complexity index is 804. The summed E-state index contributed by atoms with van der Waals surface area (Å²) in [7, 11) is 0. The van der Waals surface area contributed by atoms with Gasteiger partial charge >= 0.3 is 0 Å². The van der Waals surface area contributed by atoms with Gasteiger partial charge in [0.2, 0.25) is 0 Å². The number of carbonyl (C=O) groups is 1. The van der Waals surface area contributed by atoms with Crippen molar-refractivity contribution < 1.29 is 9.53 Å². The molecule has 1 N–H and O–H groups in total. The molecule has 1 amide bonds. The van der Waals surface area contributed by atoms with Crippen LogP contribution in [0, 0.1) is 0 Å². The van der Waals surface area contributed by atoms with Crippen molar-refractivity contribution >= 4 is 17.3 Å². The van der Waals surface area contributed by atoms with E-state index in [1.165, 1.54) is 5.56 Å². The molecule has 4 rings (SSSR count). The number of carbonyl (C=O) groups excluding carboxylic acids is 1. The Morgan fingerprint density at radius 2 is 2.07 bits per heavy atom. The minimum atomic E-state index is -0.0377. The molecule has 6 nitrogen and oxygen atoms in total. The van der Waals surface area contributed by atoms with Crippen LogP contribution in [0.5, 0.6) is 0 Å². The molecule has 0 saturated carbocycles. The molecule has 1 fully saturated rings. The highest BCUT2D eigenvalue weighted by Gasteiger charge is 2.31. The number of para-hydroxylation sites is 1. The highest BCUT2D eigenvalue weighted by Crippen LogP contribution is 2.32. The maximum absolute atomic E-state index is 13.1. The summed E-state index contributed by atoms with van der Waals surface area (Å²) in [4.78, 5) is 21.7. The van der Waals surface area contributed by atoms with E-state index in [1.54, 1.807) is 6.20 Å². The third-order valence-electron chi connectivity index (χ3n) is 5.27. The number of anilines is 2. The molecular weight excluding hydrogens is 340 g/mol. The molecule has 1 saturated heterocycles. The van der Waals surface area contributed by atoms with Crippen LogP contribution < -0.4 is 10.2 Å². The monoisotopic (exact) mass is 366 g/mol. The van der Waals surface area contributed by atoms with Crippen LogP contribution in [0.1, 0.15) is 23.0 Å². The number of fused-ring (bicyclic) bond motifs is 1. The standard InChI is InChI=1S/C21H26N4O2/c1-16-14-17-4-2-3-5-20(17)25(16)21(26)19-15-18(6-7-23-19)22-8-9-24-10-12-27-13-11-24/h2-7,15-16H,8-14H2,1H3,(H,22,23). The fraction of sp³-hybridized carbons (Fsp3) is 0.429. The minimum absolute atomic E-state index is 0.0377. The largest absolute Gasteiger partial charge is 0.384 e. The number of amides is 1. The normalized spacial score (nSPS) is 19.7. The van der Waals surface area contributed by atoms with Crippen LogP contribution in [0.15, 0.2) is 42.6 Å². The quantitative estimate of drug-likeness (QED) is 0.881. The molecule has 6 heteroatoms.